The standard InChI is InChI=1S/C22H20FN5O2/c1-12-8-13(2)10-16(9-12)28-17(14-4-6-15(23)7-5-14)11-27-18-19(24-21(27)28)26(3)22(30)25-20(18)29/h4-11,18-19H,1-3H3,(H,25,29,30). The lowest BCUT2D eigenvalue weighted by Gasteiger charge is -2.34. The third kappa shape index (κ3) is 2.67. The van der Waals surface area contributed by atoms with Gasteiger partial charge < -0.3 is 4.90 Å². The molecule has 2 aromatic carbocycles. The van der Waals surface area contributed by atoms with Crippen LogP contribution in [0.3, 0.4) is 0 Å². The molecule has 3 heterocycles. The van der Waals surface area contributed by atoms with Crippen LogP contribution in [0.1, 0.15) is 16.7 Å². The van der Waals surface area contributed by atoms with Gasteiger partial charge in [0, 0.05) is 24.5 Å². The van der Waals surface area contributed by atoms with E-state index in [0.717, 1.165) is 28.1 Å². The smallest absolute Gasteiger partial charge is 0.303 e. The number of amides is 3. The molecule has 1 fully saturated rings. The highest BCUT2D eigenvalue weighted by Crippen LogP contribution is 2.39. The second-order valence-corrected chi connectivity index (χ2v) is 7.80. The number of guanidine groups is 1. The second-order valence-electron chi connectivity index (χ2n) is 7.80. The van der Waals surface area contributed by atoms with E-state index >= 15 is 0 Å². The van der Waals surface area contributed by atoms with Crippen molar-refractivity contribution in [1.29, 1.82) is 0 Å². The average Bonchev–Trinajstić information content (AvgIpc) is 3.22. The van der Waals surface area contributed by atoms with Crippen molar-refractivity contribution in [3.63, 3.8) is 0 Å². The predicted molar refractivity (Wildman–Crippen MR) is 111 cm³/mol. The van der Waals surface area contributed by atoms with Crippen LogP contribution < -0.4 is 10.2 Å². The zero-order valence-electron chi connectivity index (χ0n) is 16.8. The number of urea groups is 1. The number of imide groups is 1. The van der Waals surface area contributed by atoms with Gasteiger partial charge in [-0.1, -0.05) is 6.07 Å². The molecule has 8 heteroatoms. The van der Waals surface area contributed by atoms with Crippen LogP contribution in [0, 0.1) is 19.7 Å². The molecule has 0 spiro atoms. The second kappa shape index (κ2) is 6.41. The Bertz CT molecular complexity index is 1120. The maximum Gasteiger partial charge on any atom is 0.325 e. The first kappa shape index (κ1) is 18.4. The minimum Gasteiger partial charge on any atom is -0.303 e. The summed E-state index contributed by atoms with van der Waals surface area (Å²) in [5.41, 5.74) is 4.64. The summed E-state index contributed by atoms with van der Waals surface area (Å²) in [5.74, 6) is -0.148. The minimum atomic E-state index is -0.658. The van der Waals surface area contributed by atoms with E-state index in [-0.39, 0.29) is 11.7 Å². The highest BCUT2D eigenvalue weighted by molar-refractivity contribution is 6.16. The maximum atomic E-state index is 13.5. The molecule has 7 nitrogen and oxygen atoms in total. The number of nitrogens with one attached hydrogen (secondary N) is 1. The van der Waals surface area contributed by atoms with Crippen molar-refractivity contribution in [3.05, 3.63) is 71.2 Å². The van der Waals surface area contributed by atoms with E-state index in [1.807, 2.05) is 37.1 Å². The molecule has 0 aliphatic carbocycles. The van der Waals surface area contributed by atoms with Gasteiger partial charge in [-0.15, -0.1) is 0 Å². The molecule has 5 rings (SSSR count). The maximum absolute atomic E-state index is 13.5. The van der Waals surface area contributed by atoms with E-state index in [4.69, 9.17) is 4.99 Å². The molecule has 1 N–H and O–H groups in total. The van der Waals surface area contributed by atoms with Crippen LogP contribution in [0.15, 0.2) is 53.7 Å². The summed E-state index contributed by atoms with van der Waals surface area (Å²) < 4.78 is 13.5. The van der Waals surface area contributed by atoms with Crippen LogP contribution in [0.2, 0.25) is 0 Å². The molecule has 2 atom stereocenters. The van der Waals surface area contributed by atoms with Crippen molar-refractivity contribution in [3.8, 4) is 0 Å². The van der Waals surface area contributed by atoms with Crippen LogP contribution in [-0.4, -0.2) is 47.0 Å². The molecule has 3 amide bonds. The first-order valence-electron chi connectivity index (χ1n) is 9.63. The molecule has 0 saturated carbocycles. The lowest BCUT2D eigenvalue weighted by Crippen LogP contribution is -2.62. The summed E-state index contributed by atoms with van der Waals surface area (Å²) in [6.07, 6.45) is 1.23. The monoisotopic (exact) mass is 405 g/mol. The van der Waals surface area contributed by atoms with E-state index < -0.39 is 18.2 Å². The van der Waals surface area contributed by atoms with Gasteiger partial charge >= 0.3 is 6.03 Å². The van der Waals surface area contributed by atoms with E-state index in [2.05, 4.69) is 11.4 Å². The SMILES string of the molecule is Cc1cc(C)cc(N2C(c3ccc(F)cc3)=CN3C2=NC2C3C(=O)NC(=O)N2C)c1. The number of rotatable bonds is 2. The number of halogens is 1. The molecule has 0 radical (unpaired) electrons. The normalized spacial score (nSPS) is 22.6. The summed E-state index contributed by atoms with van der Waals surface area (Å²) in [7, 11) is 1.62. The Morgan fingerprint density at radius 1 is 1.03 bits per heavy atom. The lowest BCUT2D eigenvalue weighted by atomic mass is 10.1. The number of benzene rings is 2. The Morgan fingerprint density at radius 2 is 1.70 bits per heavy atom. The molecule has 3 aliphatic rings. The molecule has 152 valence electrons. The summed E-state index contributed by atoms with van der Waals surface area (Å²) in [6.45, 7) is 4.03. The Morgan fingerprint density at radius 3 is 2.37 bits per heavy atom. The van der Waals surface area contributed by atoms with Crippen molar-refractivity contribution < 1.29 is 14.0 Å². The van der Waals surface area contributed by atoms with Crippen molar-refractivity contribution in [2.75, 3.05) is 11.9 Å². The Labute approximate surface area is 173 Å². The van der Waals surface area contributed by atoms with Gasteiger partial charge in [0.2, 0.25) is 5.96 Å². The number of nitrogens with zero attached hydrogens (tertiary/aromatic N) is 4. The number of hydrogen-bond acceptors (Lipinski definition) is 5. The van der Waals surface area contributed by atoms with Gasteiger partial charge in [-0.2, -0.15) is 0 Å². The van der Waals surface area contributed by atoms with Crippen LogP contribution >= 0.6 is 0 Å². The zero-order valence-corrected chi connectivity index (χ0v) is 16.8. The molecular weight excluding hydrogens is 385 g/mol. The van der Waals surface area contributed by atoms with Crippen molar-refractivity contribution in [2.45, 2.75) is 26.1 Å². The predicted octanol–water partition coefficient (Wildman–Crippen LogP) is 2.81. The quantitative estimate of drug-likeness (QED) is 0.834. The van der Waals surface area contributed by atoms with Gasteiger partial charge in [0.25, 0.3) is 5.91 Å². The van der Waals surface area contributed by atoms with Crippen LogP contribution in [0.25, 0.3) is 5.70 Å². The minimum absolute atomic E-state index is 0.319. The van der Waals surface area contributed by atoms with Gasteiger partial charge in [0.15, 0.2) is 12.2 Å². The number of likely N-dealkylation sites (N-methyl/N-ethyl adjacent to an activating group) is 1. The lowest BCUT2D eigenvalue weighted by molar-refractivity contribution is -0.126. The van der Waals surface area contributed by atoms with Crippen molar-refractivity contribution in [2.24, 2.45) is 4.99 Å². The summed E-state index contributed by atoms with van der Waals surface area (Å²) in [4.78, 5) is 34.6. The average molecular weight is 405 g/mol. The summed E-state index contributed by atoms with van der Waals surface area (Å²) in [5, 5.41) is 2.38. The molecule has 0 bridgehead atoms. The van der Waals surface area contributed by atoms with Crippen LogP contribution in [-0.2, 0) is 4.79 Å². The molecule has 2 unspecified atom stereocenters. The first-order valence-corrected chi connectivity index (χ1v) is 9.63. The third-order valence-electron chi connectivity index (χ3n) is 5.58. The molecule has 2 aromatic rings. The Hall–Kier alpha value is -3.68. The fraction of sp³-hybridized carbons (Fsp3) is 0.227. The highest BCUT2D eigenvalue weighted by Gasteiger charge is 2.52. The van der Waals surface area contributed by atoms with E-state index in [9.17, 15) is 14.0 Å². The number of anilines is 1. The van der Waals surface area contributed by atoms with Crippen molar-refractivity contribution in [1.82, 2.24) is 15.1 Å². The number of fused-ring (bicyclic) bond motifs is 3. The van der Waals surface area contributed by atoms with Gasteiger partial charge in [-0.3, -0.25) is 19.9 Å². The number of carbonyl (C=O) groups excluding carboxylic acids is 2. The summed E-state index contributed by atoms with van der Waals surface area (Å²) in [6, 6.07) is 11.2. The van der Waals surface area contributed by atoms with E-state index in [1.165, 1.54) is 17.0 Å². The molecular formula is C22H20FN5O2. The zero-order chi connectivity index (χ0) is 21.2. The molecule has 3 aliphatic heterocycles. The van der Waals surface area contributed by atoms with Gasteiger partial charge in [0.1, 0.15) is 5.82 Å². The van der Waals surface area contributed by atoms with Crippen molar-refractivity contribution >= 4 is 29.3 Å². The number of aryl methyl sites for hydroxylation is 2. The molecule has 30 heavy (non-hydrogen) atoms. The van der Waals surface area contributed by atoms with Gasteiger partial charge in [-0.25, -0.2) is 14.2 Å². The largest absolute Gasteiger partial charge is 0.325 e. The number of aliphatic imine (C=N–C) groups is 1. The highest BCUT2D eigenvalue weighted by atomic mass is 19.1. The van der Waals surface area contributed by atoms with Gasteiger partial charge in [0.05, 0.1) is 5.70 Å². The fourth-order valence-electron chi connectivity index (χ4n) is 4.24. The summed E-state index contributed by atoms with van der Waals surface area (Å²) >= 11 is 0. The molecule has 0 aromatic heterocycles. The van der Waals surface area contributed by atoms with Crippen LogP contribution in [0.4, 0.5) is 14.9 Å². The number of carbonyl (C=O) groups is 2. The van der Waals surface area contributed by atoms with E-state index in [1.54, 1.807) is 24.1 Å². The Kier molecular flexibility index (Phi) is 3.92. The van der Waals surface area contributed by atoms with Gasteiger partial charge in [-0.05, 0) is 61.4 Å². The molecule has 1 saturated heterocycles. The third-order valence-corrected chi connectivity index (χ3v) is 5.58. The fourth-order valence-corrected chi connectivity index (χ4v) is 4.24. The van der Waals surface area contributed by atoms with E-state index in [0.29, 0.717) is 5.96 Å². The number of hydrogen-bond donors (Lipinski definition) is 1. The Balaban J connectivity index is 1.67. The first-order chi connectivity index (χ1) is 14.3. The topological polar surface area (TPSA) is 68.2 Å². The van der Waals surface area contributed by atoms with Crippen LogP contribution in [0.5, 0.6) is 0 Å².